The van der Waals surface area contributed by atoms with Crippen LogP contribution in [0.2, 0.25) is 0 Å². The summed E-state index contributed by atoms with van der Waals surface area (Å²) < 4.78 is 0. The molecule has 0 aliphatic rings. The lowest BCUT2D eigenvalue weighted by Crippen LogP contribution is -2.58. The third kappa shape index (κ3) is 9.71. The smallest absolute Gasteiger partial charge is 0.326 e. The summed E-state index contributed by atoms with van der Waals surface area (Å²) in [5, 5.41) is 26.7. The average Bonchev–Trinajstić information content (AvgIpc) is 3.38. The van der Waals surface area contributed by atoms with E-state index in [-0.39, 0.29) is 30.9 Å². The van der Waals surface area contributed by atoms with Crippen molar-refractivity contribution in [1.82, 2.24) is 25.9 Å². The number of aromatic hydroxyl groups is 1. The quantitative estimate of drug-likeness (QED) is 0.162. The Kier molecular flexibility index (Phi) is 12.1. The van der Waals surface area contributed by atoms with E-state index in [0.29, 0.717) is 11.4 Å². The van der Waals surface area contributed by atoms with Gasteiger partial charge in [0.1, 0.15) is 23.9 Å². The molecule has 8 N–H and O–H groups in total. The van der Waals surface area contributed by atoms with Crippen molar-refractivity contribution in [2.24, 2.45) is 11.7 Å². The van der Waals surface area contributed by atoms with Crippen LogP contribution in [0.1, 0.15) is 31.5 Å². The maximum Gasteiger partial charge on any atom is 0.326 e. The molecule has 0 aliphatic carbocycles. The third-order valence-electron chi connectivity index (χ3n) is 5.81. The molecule has 3 amide bonds. The van der Waals surface area contributed by atoms with Gasteiger partial charge in [-0.3, -0.25) is 14.4 Å². The zero-order chi connectivity index (χ0) is 28.2. The van der Waals surface area contributed by atoms with E-state index in [4.69, 9.17) is 5.73 Å². The van der Waals surface area contributed by atoms with E-state index in [1.54, 1.807) is 26.0 Å². The summed E-state index contributed by atoms with van der Waals surface area (Å²) in [5.41, 5.74) is 7.39. The van der Waals surface area contributed by atoms with Crippen LogP contribution in [0.3, 0.4) is 0 Å². The normalized spacial score (nSPS) is 14.2. The summed E-state index contributed by atoms with van der Waals surface area (Å²) in [4.78, 5) is 57.6. The minimum absolute atomic E-state index is 0.0596. The molecule has 0 bridgehead atoms. The SMILES string of the molecule is CSCCC(NC(=O)C(Cc1cnc[nH]1)NC(=O)C(N)Cc1ccc(O)cc1)C(=O)NC(C(=O)O)C(C)C. The largest absolute Gasteiger partial charge is 0.508 e. The van der Waals surface area contributed by atoms with Crippen LogP contribution in [0.5, 0.6) is 5.75 Å². The minimum atomic E-state index is -1.17. The molecule has 2 aromatic rings. The number of aromatic amines is 1. The van der Waals surface area contributed by atoms with Gasteiger partial charge in [0.25, 0.3) is 0 Å². The summed E-state index contributed by atoms with van der Waals surface area (Å²) in [6, 6.07) is 2.08. The number of carbonyl (C=O) groups is 4. The number of carbonyl (C=O) groups excluding carboxylic acids is 3. The number of amides is 3. The fourth-order valence-corrected chi connectivity index (χ4v) is 4.10. The van der Waals surface area contributed by atoms with E-state index < -0.39 is 47.9 Å². The van der Waals surface area contributed by atoms with Crippen LogP contribution in [0.15, 0.2) is 36.8 Å². The molecular weight excluding hydrogens is 512 g/mol. The number of aliphatic carboxylic acids is 1. The predicted octanol–water partition coefficient (Wildman–Crippen LogP) is 0.176. The number of rotatable bonds is 15. The number of phenols is 1. The Bertz CT molecular complexity index is 1060. The van der Waals surface area contributed by atoms with Gasteiger partial charge in [-0.15, -0.1) is 0 Å². The molecule has 0 spiro atoms. The van der Waals surface area contributed by atoms with Crippen molar-refractivity contribution < 1.29 is 29.4 Å². The maximum atomic E-state index is 13.3. The van der Waals surface area contributed by atoms with E-state index in [1.165, 1.54) is 36.4 Å². The van der Waals surface area contributed by atoms with Crippen LogP contribution in [-0.4, -0.2) is 80.0 Å². The molecule has 13 heteroatoms. The Morgan fingerprint density at radius 3 is 2.18 bits per heavy atom. The fourth-order valence-electron chi connectivity index (χ4n) is 3.63. The number of carboxylic acids is 1. The number of nitrogens with zero attached hydrogens (tertiary/aromatic N) is 1. The number of carboxylic acid groups (broad SMARTS) is 1. The highest BCUT2D eigenvalue weighted by molar-refractivity contribution is 7.98. The molecular formula is C25H36N6O6S. The van der Waals surface area contributed by atoms with Crippen molar-refractivity contribution in [1.29, 1.82) is 0 Å². The van der Waals surface area contributed by atoms with Crippen LogP contribution < -0.4 is 21.7 Å². The first-order valence-corrected chi connectivity index (χ1v) is 13.5. The Balaban J connectivity index is 2.16. The Morgan fingerprint density at radius 1 is 1.00 bits per heavy atom. The monoisotopic (exact) mass is 548 g/mol. The number of phenolic OH excluding ortho intramolecular Hbond substituents is 1. The van der Waals surface area contributed by atoms with Crippen LogP contribution in [-0.2, 0) is 32.0 Å². The van der Waals surface area contributed by atoms with Crippen molar-refractivity contribution in [3.05, 3.63) is 48.0 Å². The van der Waals surface area contributed by atoms with Crippen molar-refractivity contribution in [2.45, 2.75) is 57.3 Å². The van der Waals surface area contributed by atoms with Gasteiger partial charge in [0.15, 0.2) is 0 Å². The van der Waals surface area contributed by atoms with Gasteiger partial charge in [0, 0.05) is 18.3 Å². The molecule has 2 rings (SSSR count). The molecule has 38 heavy (non-hydrogen) atoms. The van der Waals surface area contributed by atoms with Crippen LogP contribution in [0, 0.1) is 5.92 Å². The molecule has 1 aromatic carbocycles. The second-order valence-electron chi connectivity index (χ2n) is 9.23. The second kappa shape index (κ2) is 15.0. The summed E-state index contributed by atoms with van der Waals surface area (Å²) >= 11 is 1.47. The second-order valence-corrected chi connectivity index (χ2v) is 10.2. The zero-order valence-electron chi connectivity index (χ0n) is 21.6. The fraction of sp³-hybridized carbons (Fsp3) is 0.480. The lowest BCUT2D eigenvalue weighted by atomic mass is 10.0. The average molecular weight is 549 g/mol. The molecule has 1 heterocycles. The van der Waals surface area contributed by atoms with Crippen LogP contribution >= 0.6 is 11.8 Å². The van der Waals surface area contributed by atoms with Gasteiger partial charge in [0.05, 0.1) is 12.4 Å². The van der Waals surface area contributed by atoms with Crippen molar-refractivity contribution in [3.8, 4) is 5.75 Å². The molecule has 0 saturated heterocycles. The number of hydrogen-bond acceptors (Lipinski definition) is 8. The first kappa shape index (κ1) is 30.6. The Hall–Kier alpha value is -3.58. The summed E-state index contributed by atoms with van der Waals surface area (Å²) in [6.45, 7) is 3.35. The lowest BCUT2D eigenvalue weighted by molar-refractivity contribution is -0.143. The molecule has 208 valence electrons. The van der Waals surface area contributed by atoms with E-state index in [9.17, 15) is 29.4 Å². The summed E-state index contributed by atoms with van der Waals surface area (Å²) in [7, 11) is 0. The Labute approximate surface area is 225 Å². The third-order valence-corrected chi connectivity index (χ3v) is 6.46. The predicted molar refractivity (Wildman–Crippen MR) is 143 cm³/mol. The van der Waals surface area contributed by atoms with Gasteiger partial charge < -0.3 is 36.9 Å². The minimum Gasteiger partial charge on any atom is -0.508 e. The van der Waals surface area contributed by atoms with Gasteiger partial charge in [-0.1, -0.05) is 26.0 Å². The van der Waals surface area contributed by atoms with E-state index >= 15 is 0 Å². The van der Waals surface area contributed by atoms with Crippen molar-refractivity contribution >= 4 is 35.5 Å². The topological polar surface area (TPSA) is 200 Å². The number of imidazole rings is 1. The first-order chi connectivity index (χ1) is 18.0. The van der Waals surface area contributed by atoms with Gasteiger partial charge in [-0.25, -0.2) is 9.78 Å². The highest BCUT2D eigenvalue weighted by Gasteiger charge is 2.31. The number of nitrogens with two attached hydrogens (primary N) is 1. The number of thioether (sulfide) groups is 1. The highest BCUT2D eigenvalue weighted by atomic mass is 32.2. The van der Waals surface area contributed by atoms with Gasteiger partial charge in [-0.2, -0.15) is 11.8 Å². The van der Waals surface area contributed by atoms with Crippen LogP contribution in [0.25, 0.3) is 0 Å². The molecule has 0 aliphatic heterocycles. The Morgan fingerprint density at radius 2 is 1.63 bits per heavy atom. The van der Waals surface area contributed by atoms with Gasteiger partial charge in [0.2, 0.25) is 17.7 Å². The molecule has 4 unspecified atom stereocenters. The summed E-state index contributed by atoms with van der Waals surface area (Å²) in [6.07, 6.45) is 5.30. The molecule has 0 fully saturated rings. The molecule has 12 nitrogen and oxygen atoms in total. The number of benzene rings is 1. The molecule has 0 radical (unpaired) electrons. The van der Waals surface area contributed by atoms with E-state index in [2.05, 4.69) is 25.9 Å². The number of hydrogen-bond donors (Lipinski definition) is 7. The summed E-state index contributed by atoms with van der Waals surface area (Å²) in [5.74, 6) is -2.73. The van der Waals surface area contributed by atoms with Crippen molar-refractivity contribution in [2.75, 3.05) is 12.0 Å². The number of aromatic nitrogens is 2. The van der Waals surface area contributed by atoms with Gasteiger partial charge in [-0.05, 0) is 48.5 Å². The zero-order valence-corrected chi connectivity index (χ0v) is 22.5. The highest BCUT2D eigenvalue weighted by Crippen LogP contribution is 2.11. The van der Waals surface area contributed by atoms with Crippen molar-refractivity contribution in [3.63, 3.8) is 0 Å². The molecule has 4 atom stereocenters. The number of nitrogens with one attached hydrogen (secondary N) is 4. The maximum absolute atomic E-state index is 13.3. The first-order valence-electron chi connectivity index (χ1n) is 12.1. The standard InChI is InChI=1S/C25H36N6O6S/c1-14(2)21(25(36)37)31-23(34)19(8-9-38-3)29-24(35)20(11-16-12-27-13-28-16)30-22(33)18(26)10-15-4-6-17(32)7-5-15/h4-7,12-14,18-21,32H,8-11,26H2,1-3H3,(H,27,28)(H,29,35)(H,30,33)(H,31,34)(H,36,37). The number of H-pyrrole nitrogens is 1. The lowest BCUT2D eigenvalue weighted by Gasteiger charge is -2.26. The van der Waals surface area contributed by atoms with Crippen LogP contribution in [0.4, 0.5) is 0 Å². The van der Waals surface area contributed by atoms with Gasteiger partial charge >= 0.3 is 5.97 Å². The van der Waals surface area contributed by atoms with E-state index in [0.717, 1.165) is 5.56 Å². The van der Waals surface area contributed by atoms with E-state index in [1.807, 2.05) is 6.26 Å². The molecule has 1 aromatic heterocycles. The molecule has 0 saturated carbocycles.